The summed E-state index contributed by atoms with van der Waals surface area (Å²) in [4.78, 5) is 0. The van der Waals surface area contributed by atoms with E-state index in [1.807, 2.05) is 0 Å². The SMILES string of the molecule is CCCCCCC=CCCCCCCCCCCCCCCCCCCCCCCCCCCCCCCCC. The quantitative estimate of drug-likeness (QED) is 0.0528. The number of hydrogen-bond acceptors (Lipinski definition) is 0. The molecule has 0 nitrogen and oxygen atoms in total. The minimum Gasteiger partial charge on any atom is -0.0885 e. The summed E-state index contributed by atoms with van der Waals surface area (Å²) in [5, 5.41) is 0. The van der Waals surface area contributed by atoms with Crippen molar-refractivity contribution in [2.45, 2.75) is 245 Å². The van der Waals surface area contributed by atoms with Gasteiger partial charge in [0.1, 0.15) is 0 Å². The lowest BCUT2D eigenvalue weighted by atomic mass is 10.0. The molecule has 0 aromatic rings. The lowest BCUT2D eigenvalue weighted by Crippen LogP contribution is -1.85. The Morgan fingerprint density at radius 2 is 0.350 bits per heavy atom. The minimum atomic E-state index is 1.31. The molecule has 0 saturated heterocycles. The van der Waals surface area contributed by atoms with Gasteiger partial charge in [-0.3, -0.25) is 0 Å². The van der Waals surface area contributed by atoms with E-state index in [9.17, 15) is 0 Å². The third-order valence-corrected chi connectivity index (χ3v) is 9.12. The van der Waals surface area contributed by atoms with Crippen molar-refractivity contribution >= 4 is 0 Å². The molecule has 0 atom stereocenters. The molecule has 0 aromatic carbocycles. The maximum atomic E-state index is 2.44. The summed E-state index contributed by atoms with van der Waals surface area (Å²) in [5.41, 5.74) is 0. The zero-order valence-corrected chi connectivity index (χ0v) is 28.6. The lowest BCUT2D eigenvalue weighted by Gasteiger charge is -2.04. The fourth-order valence-electron chi connectivity index (χ4n) is 6.21. The van der Waals surface area contributed by atoms with Crippen molar-refractivity contribution < 1.29 is 0 Å². The van der Waals surface area contributed by atoms with Gasteiger partial charge >= 0.3 is 0 Å². The van der Waals surface area contributed by atoms with Crippen molar-refractivity contribution in [3.63, 3.8) is 0 Å². The second-order valence-electron chi connectivity index (χ2n) is 13.4. The van der Waals surface area contributed by atoms with E-state index in [2.05, 4.69) is 26.0 Å². The molecule has 0 heterocycles. The molecule has 0 aromatic heterocycles. The smallest absolute Gasteiger partial charge is 0.0351 e. The van der Waals surface area contributed by atoms with Crippen LogP contribution >= 0.6 is 0 Å². The maximum Gasteiger partial charge on any atom is -0.0351 e. The summed E-state index contributed by atoms with van der Waals surface area (Å²) >= 11 is 0. The molecule has 0 radical (unpaired) electrons. The van der Waals surface area contributed by atoms with Crippen LogP contribution < -0.4 is 0 Å². The average Bonchev–Trinajstić information content (AvgIpc) is 2.97. The first-order chi connectivity index (χ1) is 19.9. The largest absolute Gasteiger partial charge is 0.0885 e. The van der Waals surface area contributed by atoms with Crippen LogP contribution in [0.3, 0.4) is 0 Å². The highest BCUT2D eigenvalue weighted by Crippen LogP contribution is 2.16. The van der Waals surface area contributed by atoms with E-state index in [0.29, 0.717) is 0 Å². The minimum absolute atomic E-state index is 1.31. The van der Waals surface area contributed by atoms with Crippen LogP contribution in [0.25, 0.3) is 0 Å². The van der Waals surface area contributed by atoms with Crippen molar-refractivity contribution in [1.82, 2.24) is 0 Å². The normalized spacial score (nSPS) is 11.8. The molecule has 0 spiro atoms. The van der Waals surface area contributed by atoms with Gasteiger partial charge in [-0.1, -0.05) is 231 Å². The molecular weight excluding hydrogens is 480 g/mol. The zero-order valence-electron chi connectivity index (χ0n) is 28.6. The van der Waals surface area contributed by atoms with Crippen LogP contribution in [-0.4, -0.2) is 0 Å². The van der Waals surface area contributed by atoms with Gasteiger partial charge in [-0.25, -0.2) is 0 Å². The topological polar surface area (TPSA) is 0 Å². The molecule has 0 unspecified atom stereocenters. The predicted molar refractivity (Wildman–Crippen MR) is 187 cm³/mol. The highest BCUT2D eigenvalue weighted by Gasteiger charge is 1.97. The molecule has 0 aliphatic heterocycles. The number of unbranched alkanes of at least 4 members (excludes halogenated alkanes) is 34. The van der Waals surface area contributed by atoms with Crippen molar-refractivity contribution in [3.8, 4) is 0 Å². The van der Waals surface area contributed by atoms with Crippen molar-refractivity contribution in [2.75, 3.05) is 0 Å². The van der Waals surface area contributed by atoms with Gasteiger partial charge in [0.25, 0.3) is 0 Å². The first-order valence-corrected chi connectivity index (χ1v) is 19.6. The van der Waals surface area contributed by atoms with Gasteiger partial charge in [0.05, 0.1) is 0 Å². The summed E-state index contributed by atoms with van der Waals surface area (Å²) in [6.07, 6.45) is 57.4. The second kappa shape index (κ2) is 38.7. The Labute approximate surface area is 256 Å². The molecule has 40 heavy (non-hydrogen) atoms. The van der Waals surface area contributed by atoms with E-state index >= 15 is 0 Å². The molecule has 0 heteroatoms. The van der Waals surface area contributed by atoms with Crippen LogP contribution in [0.4, 0.5) is 0 Å². The summed E-state index contributed by atoms with van der Waals surface area (Å²) in [7, 11) is 0. The van der Waals surface area contributed by atoms with Crippen molar-refractivity contribution in [2.24, 2.45) is 0 Å². The third kappa shape index (κ3) is 37.7. The van der Waals surface area contributed by atoms with E-state index in [-0.39, 0.29) is 0 Å². The van der Waals surface area contributed by atoms with E-state index in [1.165, 1.54) is 231 Å². The number of hydrogen-bond donors (Lipinski definition) is 0. The van der Waals surface area contributed by atoms with Gasteiger partial charge in [0, 0.05) is 0 Å². The molecule has 0 saturated carbocycles. The van der Waals surface area contributed by atoms with Crippen LogP contribution in [0.2, 0.25) is 0 Å². The average molecular weight is 561 g/mol. The fourth-order valence-corrected chi connectivity index (χ4v) is 6.21. The van der Waals surface area contributed by atoms with Gasteiger partial charge in [-0.15, -0.1) is 0 Å². The van der Waals surface area contributed by atoms with Crippen molar-refractivity contribution in [1.29, 1.82) is 0 Å². The third-order valence-electron chi connectivity index (χ3n) is 9.12. The highest BCUT2D eigenvalue weighted by molar-refractivity contribution is 4.81. The fraction of sp³-hybridized carbons (Fsp3) is 0.950. The standard InChI is InChI=1S/C40H80/c1-3-5-7-9-11-13-15-17-19-21-23-25-27-29-31-33-35-37-39-40-38-36-34-32-30-28-26-24-22-20-18-16-14-12-10-8-6-4-2/h13,15H,3-12,14,16-40H2,1-2H3. The Balaban J connectivity index is 3.04. The highest BCUT2D eigenvalue weighted by atomic mass is 14.0. The lowest BCUT2D eigenvalue weighted by molar-refractivity contribution is 0.513. The summed E-state index contributed by atoms with van der Waals surface area (Å²) in [5.74, 6) is 0. The van der Waals surface area contributed by atoms with Crippen molar-refractivity contribution in [3.05, 3.63) is 12.2 Å². The molecule has 0 rings (SSSR count). The van der Waals surface area contributed by atoms with Crippen LogP contribution in [0, 0.1) is 0 Å². The zero-order chi connectivity index (χ0) is 28.9. The van der Waals surface area contributed by atoms with Gasteiger partial charge in [-0.05, 0) is 25.7 Å². The number of rotatable bonds is 36. The van der Waals surface area contributed by atoms with E-state index in [1.54, 1.807) is 0 Å². The molecule has 0 fully saturated rings. The van der Waals surface area contributed by atoms with Gasteiger partial charge in [-0.2, -0.15) is 0 Å². The molecule has 240 valence electrons. The second-order valence-corrected chi connectivity index (χ2v) is 13.4. The Bertz CT molecular complexity index is 435. The molecule has 0 bridgehead atoms. The molecule has 0 aliphatic rings. The monoisotopic (exact) mass is 561 g/mol. The van der Waals surface area contributed by atoms with Crippen LogP contribution in [0.5, 0.6) is 0 Å². The number of allylic oxidation sites excluding steroid dienone is 2. The Morgan fingerprint density at radius 3 is 0.550 bits per heavy atom. The van der Waals surface area contributed by atoms with E-state index in [4.69, 9.17) is 0 Å². The summed E-state index contributed by atoms with van der Waals surface area (Å²) in [6.45, 7) is 4.60. The van der Waals surface area contributed by atoms with Crippen LogP contribution in [0.1, 0.15) is 245 Å². The first-order valence-electron chi connectivity index (χ1n) is 19.6. The van der Waals surface area contributed by atoms with E-state index < -0.39 is 0 Å². The summed E-state index contributed by atoms with van der Waals surface area (Å²) in [6, 6.07) is 0. The first kappa shape index (κ1) is 39.7. The maximum absolute atomic E-state index is 2.44. The van der Waals surface area contributed by atoms with Gasteiger partial charge < -0.3 is 0 Å². The summed E-state index contributed by atoms with van der Waals surface area (Å²) < 4.78 is 0. The molecule has 0 N–H and O–H groups in total. The molecule has 0 amide bonds. The van der Waals surface area contributed by atoms with Crippen LogP contribution in [-0.2, 0) is 0 Å². The Kier molecular flexibility index (Phi) is 38.5. The predicted octanol–water partition coefficient (Wildman–Crippen LogP) is 15.6. The van der Waals surface area contributed by atoms with Gasteiger partial charge in [0.15, 0.2) is 0 Å². The van der Waals surface area contributed by atoms with E-state index in [0.717, 1.165) is 0 Å². The van der Waals surface area contributed by atoms with Gasteiger partial charge in [0.2, 0.25) is 0 Å². The van der Waals surface area contributed by atoms with Crippen LogP contribution in [0.15, 0.2) is 12.2 Å². The molecule has 0 aliphatic carbocycles. The molecular formula is C40H80. The Morgan fingerprint density at radius 1 is 0.200 bits per heavy atom. The Hall–Kier alpha value is -0.260.